The molecule has 0 atom stereocenters. The largest absolute Gasteiger partial charge is 0.493 e. The van der Waals surface area contributed by atoms with Crippen LogP contribution in [0.2, 0.25) is 0 Å². The summed E-state index contributed by atoms with van der Waals surface area (Å²) in [5.74, 6) is 0.0469. The van der Waals surface area contributed by atoms with Crippen LogP contribution in [0.15, 0.2) is 34.5 Å². The Kier molecular flexibility index (Phi) is 4.76. The second kappa shape index (κ2) is 6.55. The van der Waals surface area contributed by atoms with Crippen molar-refractivity contribution < 1.29 is 9.90 Å². The van der Waals surface area contributed by atoms with E-state index in [1.807, 2.05) is 18.2 Å². The van der Waals surface area contributed by atoms with E-state index in [0.29, 0.717) is 5.88 Å². The minimum absolute atomic E-state index is 0.0619. The Labute approximate surface area is 130 Å². The highest BCUT2D eigenvalue weighted by Crippen LogP contribution is 2.39. The number of nitrogens with zero attached hydrogens (tertiary/aromatic N) is 3. The fourth-order valence-electron chi connectivity index (χ4n) is 1.84. The van der Waals surface area contributed by atoms with Crippen molar-refractivity contribution in [1.82, 2.24) is 4.57 Å². The van der Waals surface area contributed by atoms with E-state index in [2.05, 4.69) is 22.4 Å². The van der Waals surface area contributed by atoms with Crippen LogP contribution < -0.4 is 11.5 Å². The maximum absolute atomic E-state index is 10.8. The van der Waals surface area contributed by atoms with Gasteiger partial charge in [-0.25, -0.2) is 0 Å². The molecule has 0 bridgehead atoms. The Morgan fingerprint density at radius 1 is 1.38 bits per heavy atom. The van der Waals surface area contributed by atoms with Gasteiger partial charge in [0, 0.05) is 5.39 Å². The highest BCUT2D eigenvalue weighted by Gasteiger charge is 2.16. The number of azo groups is 1. The van der Waals surface area contributed by atoms with Crippen LogP contribution in [0.5, 0.6) is 5.88 Å². The van der Waals surface area contributed by atoms with Gasteiger partial charge in [-0.1, -0.05) is 18.2 Å². The molecule has 1 aromatic heterocycles. The number of primary amides is 1. The van der Waals surface area contributed by atoms with Gasteiger partial charge >= 0.3 is 0 Å². The molecule has 1 aromatic carbocycles. The van der Waals surface area contributed by atoms with Crippen LogP contribution in [0.1, 0.15) is 0 Å². The van der Waals surface area contributed by atoms with E-state index < -0.39 is 5.91 Å². The molecule has 1 amide bonds. The van der Waals surface area contributed by atoms with E-state index in [9.17, 15) is 9.90 Å². The molecule has 0 saturated carbocycles. The molecular formula is C12H13N5O2S2. The topological polar surface area (TPSA) is 119 Å². The summed E-state index contributed by atoms with van der Waals surface area (Å²) in [5, 5.41) is 18.4. The van der Waals surface area contributed by atoms with Gasteiger partial charge in [0.2, 0.25) is 16.9 Å². The van der Waals surface area contributed by atoms with Gasteiger partial charge < -0.3 is 21.1 Å². The van der Waals surface area contributed by atoms with Crippen LogP contribution in [-0.4, -0.2) is 26.4 Å². The van der Waals surface area contributed by atoms with E-state index in [1.54, 1.807) is 10.6 Å². The summed E-state index contributed by atoms with van der Waals surface area (Å²) < 4.78 is 1.62. The number of aromatic nitrogens is 1. The number of para-hydroxylation sites is 1. The van der Waals surface area contributed by atoms with Crippen LogP contribution >= 0.6 is 24.0 Å². The maximum Gasteiger partial charge on any atom is 0.227 e. The molecule has 0 saturated heterocycles. The van der Waals surface area contributed by atoms with E-state index in [1.165, 1.54) is 11.8 Å². The Bertz CT molecular complexity index is 726. The number of aromatic hydroxyl groups is 1. The Balaban J connectivity index is 2.43. The zero-order chi connectivity index (χ0) is 15.4. The standard InChI is InChI=1S/C12H13N5O2S2/c13-9(18)5-21-6-17-8-4-2-1-3-7(8)10(11(17)19)15-16-12(14)20/h1-4,19H,5-6H2,(H2,13,18)(H2,14,20). The number of thioether (sulfide) groups is 1. The number of benzene rings is 1. The number of amides is 1. The molecule has 0 fully saturated rings. The normalized spacial score (nSPS) is 11.2. The van der Waals surface area contributed by atoms with Crippen molar-refractivity contribution in [3.63, 3.8) is 0 Å². The van der Waals surface area contributed by atoms with Crippen LogP contribution in [0.4, 0.5) is 5.69 Å². The maximum atomic E-state index is 10.8. The predicted octanol–water partition coefficient (Wildman–Crippen LogP) is 1.85. The first-order valence-electron chi connectivity index (χ1n) is 5.88. The number of carbonyl (C=O) groups excluding carboxylic acids is 1. The fourth-order valence-corrected chi connectivity index (χ4v) is 2.61. The summed E-state index contributed by atoms with van der Waals surface area (Å²) in [6.07, 6.45) is 0. The molecule has 0 aliphatic carbocycles. The first kappa shape index (κ1) is 15.3. The number of thiocarbonyl (C=S) groups is 1. The highest BCUT2D eigenvalue weighted by molar-refractivity contribution is 7.99. The van der Waals surface area contributed by atoms with Crippen molar-refractivity contribution in [3.8, 4) is 5.88 Å². The van der Waals surface area contributed by atoms with Gasteiger partial charge in [0.15, 0.2) is 5.69 Å². The number of hydrogen-bond donors (Lipinski definition) is 3. The molecule has 9 heteroatoms. The minimum Gasteiger partial charge on any atom is -0.493 e. The van der Waals surface area contributed by atoms with Crippen LogP contribution in [0.3, 0.4) is 0 Å². The van der Waals surface area contributed by atoms with Crippen molar-refractivity contribution >= 4 is 51.6 Å². The Hall–Kier alpha value is -2.13. The van der Waals surface area contributed by atoms with E-state index in [0.717, 1.165) is 10.9 Å². The van der Waals surface area contributed by atoms with Crippen molar-refractivity contribution in [1.29, 1.82) is 0 Å². The van der Waals surface area contributed by atoms with Crippen molar-refractivity contribution in [2.45, 2.75) is 5.88 Å². The molecule has 0 unspecified atom stereocenters. The van der Waals surface area contributed by atoms with Crippen LogP contribution in [-0.2, 0) is 10.7 Å². The van der Waals surface area contributed by atoms with Gasteiger partial charge in [0.1, 0.15) is 0 Å². The lowest BCUT2D eigenvalue weighted by molar-refractivity contribution is -0.115. The fraction of sp³-hybridized carbons (Fsp3) is 0.167. The third-order valence-electron chi connectivity index (χ3n) is 2.63. The molecular weight excluding hydrogens is 310 g/mol. The average molecular weight is 323 g/mol. The van der Waals surface area contributed by atoms with Gasteiger partial charge in [-0.15, -0.1) is 22.0 Å². The van der Waals surface area contributed by atoms with E-state index >= 15 is 0 Å². The average Bonchev–Trinajstić information content (AvgIpc) is 2.69. The number of rotatable bonds is 5. The second-order valence-electron chi connectivity index (χ2n) is 4.10. The molecule has 110 valence electrons. The van der Waals surface area contributed by atoms with Crippen molar-refractivity contribution in [2.75, 3.05) is 5.75 Å². The van der Waals surface area contributed by atoms with E-state index in [4.69, 9.17) is 11.5 Å². The van der Waals surface area contributed by atoms with Crippen molar-refractivity contribution in [3.05, 3.63) is 24.3 Å². The molecule has 7 nitrogen and oxygen atoms in total. The zero-order valence-corrected chi connectivity index (χ0v) is 12.5. The first-order chi connectivity index (χ1) is 10.0. The number of carbonyl (C=O) groups is 1. The summed E-state index contributed by atoms with van der Waals surface area (Å²) in [4.78, 5) is 10.8. The van der Waals surface area contributed by atoms with Crippen LogP contribution in [0.25, 0.3) is 10.9 Å². The molecule has 2 rings (SSSR count). The third kappa shape index (κ3) is 3.50. The molecule has 0 aliphatic heterocycles. The number of nitrogens with two attached hydrogens (primary N) is 2. The summed E-state index contributed by atoms with van der Waals surface area (Å²) in [6.45, 7) is 0. The van der Waals surface area contributed by atoms with E-state index in [-0.39, 0.29) is 22.4 Å². The Morgan fingerprint density at radius 3 is 2.76 bits per heavy atom. The van der Waals surface area contributed by atoms with Gasteiger partial charge in [-0.3, -0.25) is 4.79 Å². The molecule has 0 radical (unpaired) electrons. The molecule has 0 spiro atoms. The smallest absolute Gasteiger partial charge is 0.227 e. The lowest BCUT2D eigenvalue weighted by atomic mass is 10.2. The summed E-state index contributed by atoms with van der Waals surface area (Å²) >= 11 is 5.93. The third-order valence-corrected chi connectivity index (χ3v) is 3.64. The summed E-state index contributed by atoms with van der Waals surface area (Å²) in [6, 6.07) is 7.30. The van der Waals surface area contributed by atoms with Crippen LogP contribution in [0, 0.1) is 0 Å². The molecule has 0 aliphatic rings. The van der Waals surface area contributed by atoms with Gasteiger partial charge in [0.25, 0.3) is 0 Å². The number of hydrogen-bond acceptors (Lipinski definition) is 5. The Morgan fingerprint density at radius 2 is 2.10 bits per heavy atom. The molecule has 5 N–H and O–H groups in total. The van der Waals surface area contributed by atoms with Crippen molar-refractivity contribution in [2.24, 2.45) is 21.7 Å². The second-order valence-corrected chi connectivity index (χ2v) is 5.47. The van der Waals surface area contributed by atoms with Gasteiger partial charge in [-0.05, 0) is 18.3 Å². The molecule has 21 heavy (non-hydrogen) atoms. The first-order valence-corrected chi connectivity index (χ1v) is 7.44. The zero-order valence-electron chi connectivity index (χ0n) is 10.9. The monoisotopic (exact) mass is 323 g/mol. The molecule has 1 heterocycles. The van der Waals surface area contributed by atoms with Gasteiger partial charge in [-0.2, -0.15) is 0 Å². The quantitative estimate of drug-likeness (QED) is 0.573. The van der Waals surface area contributed by atoms with Gasteiger partial charge in [0.05, 0.1) is 17.1 Å². The molecule has 2 aromatic rings. The number of fused-ring (bicyclic) bond motifs is 1. The lowest BCUT2D eigenvalue weighted by Gasteiger charge is -2.05. The SMILES string of the molecule is NC(=O)CSCn1c(O)c(N=NC(N)=S)c2ccccc21. The predicted molar refractivity (Wildman–Crippen MR) is 86.6 cm³/mol. The summed E-state index contributed by atoms with van der Waals surface area (Å²) in [7, 11) is 0. The highest BCUT2D eigenvalue weighted by atomic mass is 32.2. The summed E-state index contributed by atoms with van der Waals surface area (Å²) in [5.41, 5.74) is 11.4. The minimum atomic E-state index is -0.413. The lowest BCUT2D eigenvalue weighted by Crippen LogP contribution is -2.13.